The topological polar surface area (TPSA) is 45.7 Å². The minimum absolute atomic E-state index is 0. The van der Waals surface area contributed by atoms with Crippen molar-refractivity contribution in [1.29, 1.82) is 0 Å². The Balaban J connectivity index is 0.00000169. The predicted octanol–water partition coefficient (Wildman–Crippen LogP) is 3.70. The number of nitrogens with zero attached hydrogens (tertiary/aromatic N) is 1. The predicted molar refractivity (Wildman–Crippen MR) is 109 cm³/mol. The molecule has 4 rings (SSSR count). The van der Waals surface area contributed by atoms with E-state index < -0.39 is 0 Å². The van der Waals surface area contributed by atoms with Crippen LogP contribution in [0.15, 0.2) is 4.99 Å². The van der Waals surface area contributed by atoms with E-state index in [2.05, 4.69) is 22.5 Å². The highest BCUT2D eigenvalue weighted by molar-refractivity contribution is 14.0. The molecule has 3 unspecified atom stereocenters. The van der Waals surface area contributed by atoms with Crippen LogP contribution >= 0.6 is 24.0 Å². The van der Waals surface area contributed by atoms with Gasteiger partial charge in [0, 0.05) is 37.6 Å². The minimum atomic E-state index is 0. The van der Waals surface area contributed by atoms with E-state index in [0.717, 1.165) is 19.1 Å². The van der Waals surface area contributed by atoms with Crippen molar-refractivity contribution in [2.24, 2.45) is 21.7 Å². The second-order valence-corrected chi connectivity index (χ2v) is 8.44. The molecule has 4 fully saturated rings. The van der Waals surface area contributed by atoms with E-state index in [9.17, 15) is 0 Å². The van der Waals surface area contributed by atoms with Gasteiger partial charge < -0.3 is 15.4 Å². The summed E-state index contributed by atoms with van der Waals surface area (Å²) >= 11 is 0. The van der Waals surface area contributed by atoms with E-state index in [1.54, 1.807) is 0 Å². The molecule has 3 saturated carbocycles. The van der Waals surface area contributed by atoms with Crippen LogP contribution in [0.5, 0.6) is 0 Å². The molecular weight excluding hydrogens is 413 g/mol. The smallest absolute Gasteiger partial charge is 0.191 e. The maximum Gasteiger partial charge on any atom is 0.191 e. The average molecular weight is 447 g/mol. The Labute approximate surface area is 164 Å². The first kappa shape index (κ1) is 18.7. The summed E-state index contributed by atoms with van der Waals surface area (Å²) in [6.07, 6.45) is 12.6. The van der Waals surface area contributed by atoms with Gasteiger partial charge in [-0.05, 0) is 43.9 Å². The summed E-state index contributed by atoms with van der Waals surface area (Å²) in [5.74, 6) is 1.73. The highest BCUT2D eigenvalue weighted by Crippen LogP contribution is 2.62. The van der Waals surface area contributed by atoms with Crippen LogP contribution in [0.1, 0.15) is 64.7 Å². The molecule has 0 aromatic heterocycles. The van der Waals surface area contributed by atoms with Crippen LogP contribution in [0.25, 0.3) is 0 Å². The molecule has 5 heteroatoms. The molecule has 0 aromatic rings. The molecule has 1 spiro atoms. The van der Waals surface area contributed by atoms with Crippen molar-refractivity contribution < 1.29 is 4.74 Å². The van der Waals surface area contributed by atoms with Crippen molar-refractivity contribution in [2.45, 2.75) is 76.9 Å². The number of hydrogen-bond donors (Lipinski definition) is 2. The second-order valence-electron chi connectivity index (χ2n) is 8.44. The summed E-state index contributed by atoms with van der Waals surface area (Å²) in [4.78, 5) is 4.53. The third-order valence-corrected chi connectivity index (χ3v) is 7.60. The Morgan fingerprint density at radius 2 is 1.92 bits per heavy atom. The van der Waals surface area contributed by atoms with Gasteiger partial charge >= 0.3 is 0 Å². The molecule has 0 amide bonds. The van der Waals surface area contributed by atoms with Crippen LogP contribution in [0.4, 0.5) is 0 Å². The van der Waals surface area contributed by atoms with Gasteiger partial charge in [0.05, 0.1) is 6.10 Å². The van der Waals surface area contributed by atoms with Gasteiger partial charge in [0.1, 0.15) is 0 Å². The van der Waals surface area contributed by atoms with Gasteiger partial charge in [-0.3, -0.25) is 4.99 Å². The standard InChI is InChI=1S/C19H33N3O.HI/c1-3-18(8-4-5-9-18)13-21-17(20-2)22-15-14-7-12-23-16(14)19(15)10-6-11-19;/h14-16H,3-13H2,1-2H3,(H2,20,21,22);1H. The molecule has 4 aliphatic rings. The molecule has 0 bridgehead atoms. The number of guanidine groups is 1. The summed E-state index contributed by atoms with van der Waals surface area (Å²) in [5, 5.41) is 7.46. The highest BCUT2D eigenvalue weighted by Gasteiger charge is 2.66. The minimum Gasteiger partial charge on any atom is -0.377 e. The normalized spacial score (nSPS) is 35.6. The third-order valence-electron chi connectivity index (χ3n) is 7.60. The molecule has 2 N–H and O–H groups in total. The van der Waals surface area contributed by atoms with Gasteiger partial charge in [-0.15, -0.1) is 24.0 Å². The van der Waals surface area contributed by atoms with Crippen molar-refractivity contribution in [3.05, 3.63) is 0 Å². The molecule has 0 aromatic carbocycles. The Bertz CT molecular complexity index is 471. The van der Waals surface area contributed by atoms with E-state index in [-0.39, 0.29) is 24.0 Å². The van der Waals surface area contributed by atoms with Crippen molar-refractivity contribution in [1.82, 2.24) is 10.6 Å². The number of aliphatic imine (C=N–C) groups is 1. The van der Waals surface area contributed by atoms with Crippen molar-refractivity contribution in [2.75, 3.05) is 20.2 Å². The summed E-state index contributed by atoms with van der Waals surface area (Å²) in [7, 11) is 1.91. The first-order valence-electron chi connectivity index (χ1n) is 9.82. The number of hydrogen-bond acceptors (Lipinski definition) is 2. The summed E-state index contributed by atoms with van der Waals surface area (Å²) < 4.78 is 6.03. The first-order valence-corrected chi connectivity index (χ1v) is 9.82. The molecular formula is C19H34IN3O. The molecule has 1 aliphatic heterocycles. The molecule has 1 saturated heterocycles. The lowest BCUT2D eigenvalue weighted by Gasteiger charge is -2.63. The fraction of sp³-hybridized carbons (Fsp3) is 0.947. The Hall–Kier alpha value is -0.0400. The molecule has 1 heterocycles. The first-order chi connectivity index (χ1) is 11.2. The van der Waals surface area contributed by atoms with E-state index in [1.807, 2.05) is 7.05 Å². The van der Waals surface area contributed by atoms with Gasteiger partial charge in [-0.25, -0.2) is 0 Å². The summed E-state index contributed by atoms with van der Waals surface area (Å²) in [6, 6.07) is 0.580. The van der Waals surface area contributed by atoms with Crippen molar-refractivity contribution in [3.8, 4) is 0 Å². The van der Waals surface area contributed by atoms with Crippen LogP contribution in [0, 0.1) is 16.7 Å². The van der Waals surface area contributed by atoms with Crippen LogP contribution in [-0.4, -0.2) is 38.3 Å². The Kier molecular flexibility index (Phi) is 5.70. The quantitative estimate of drug-likeness (QED) is 0.393. The van der Waals surface area contributed by atoms with Gasteiger partial charge in [-0.1, -0.05) is 26.2 Å². The van der Waals surface area contributed by atoms with Crippen LogP contribution < -0.4 is 10.6 Å². The second kappa shape index (κ2) is 7.29. The number of halogens is 1. The van der Waals surface area contributed by atoms with Crippen molar-refractivity contribution >= 4 is 29.9 Å². The van der Waals surface area contributed by atoms with E-state index in [0.29, 0.717) is 28.9 Å². The van der Waals surface area contributed by atoms with E-state index in [4.69, 9.17) is 4.74 Å². The maximum atomic E-state index is 6.03. The number of ether oxygens (including phenoxy) is 1. The fourth-order valence-electron chi connectivity index (χ4n) is 5.85. The van der Waals surface area contributed by atoms with Crippen LogP contribution in [-0.2, 0) is 4.74 Å². The number of nitrogens with one attached hydrogen (secondary N) is 2. The van der Waals surface area contributed by atoms with Gasteiger partial charge in [0.2, 0.25) is 0 Å². The van der Waals surface area contributed by atoms with Crippen LogP contribution in [0.2, 0.25) is 0 Å². The zero-order valence-electron chi connectivity index (χ0n) is 15.3. The molecule has 0 radical (unpaired) electrons. The van der Waals surface area contributed by atoms with E-state index in [1.165, 1.54) is 57.8 Å². The number of rotatable bonds is 4. The molecule has 24 heavy (non-hydrogen) atoms. The zero-order chi connectivity index (χ0) is 15.9. The fourth-order valence-corrected chi connectivity index (χ4v) is 5.85. The summed E-state index contributed by atoms with van der Waals surface area (Å²) in [6.45, 7) is 4.38. The summed E-state index contributed by atoms with van der Waals surface area (Å²) in [5.41, 5.74) is 0.930. The largest absolute Gasteiger partial charge is 0.377 e. The average Bonchev–Trinajstić information content (AvgIpc) is 3.15. The van der Waals surface area contributed by atoms with Gasteiger partial charge in [-0.2, -0.15) is 0 Å². The molecule has 4 nitrogen and oxygen atoms in total. The molecule has 3 atom stereocenters. The lowest BCUT2D eigenvalue weighted by atomic mass is 9.46. The zero-order valence-corrected chi connectivity index (χ0v) is 17.6. The lowest BCUT2D eigenvalue weighted by molar-refractivity contribution is -0.171. The Morgan fingerprint density at radius 3 is 2.50 bits per heavy atom. The maximum absolute atomic E-state index is 6.03. The monoisotopic (exact) mass is 447 g/mol. The van der Waals surface area contributed by atoms with Crippen LogP contribution in [0.3, 0.4) is 0 Å². The Morgan fingerprint density at radius 1 is 1.17 bits per heavy atom. The lowest BCUT2D eigenvalue weighted by Crippen LogP contribution is -2.72. The van der Waals surface area contributed by atoms with Gasteiger partial charge in [0.15, 0.2) is 5.96 Å². The SMILES string of the molecule is CCC1(CNC(=NC)NC2C3CCOC3C23CCC3)CCCC1.I. The van der Waals surface area contributed by atoms with E-state index >= 15 is 0 Å². The molecule has 138 valence electrons. The highest BCUT2D eigenvalue weighted by atomic mass is 127. The molecule has 3 aliphatic carbocycles. The third kappa shape index (κ3) is 2.87. The number of fused-ring (bicyclic) bond motifs is 2. The van der Waals surface area contributed by atoms with Gasteiger partial charge in [0.25, 0.3) is 0 Å². The van der Waals surface area contributed by atoms with Crippen molar-refractivity contribution in [3.63, 3.8) is 0 Å².